The SMILES string of the molecule is COc1ccc(C(N)c2sc(C)cc2C)c(OC)c1OC. The number of benzene rings is 1. The second-order valence-electron chi connectivity index (χ2n) is 4.81. The van der Waals surface area contributed by atoms with Gasteiger partial charge in [-0.15, -0.1) is 11.3 Å². The molecule has 0 bridgehead atoms. The summed E-state index contributed by atoms with van der Waals surface area (Å²) in [5.74, 6) is 1.82. The molecule has 1 aromatic heterocycles. The molecule has 1 atom stereocenters. The lowest BCUT2D eigenvalue weighted by molar-refractivity contribution is 0.321. The second-order valence-corrected chi connectivity index (χ2v) is 6.09. The van der Waals surface area contributed by atoms with Crippen LogP contribution >= 0.6 is 11.3 Å². The Morgan fingerprint density at radius 2 is 1.67 bits per heavy atom. The lowest BCUT2D eigenvalue weighted by atomic mass is 10.0. The molecule has 2 aromatic rings. The number of hydrogen-bond acceptors (Lipinski definition) is 5. The van der Waals surface area contributed by atoms with Crippen molar-refractivity contribution in [2.24, 2.45) is 5.73 Å². The molecule has 0 fully saturated rings. The predicted octanol–water partition coefficient (Wildman–Crippen LogP) is 3.44. The molecule has 2 N–H and O–H groups in total. The van der Waals surface area contributed by atoms with Crippen molar-refractivity contribution in [3.8, 4) is 17.2 Å². The van der Waals surface area contributed by atoms with Gasteiger partial charge in [0.2, 0.25) is 5.75 Å². The van der Waals surface area contributed by atoms with Crippen LogP contribution in [0, 0.1) is 13.8 Å². The monoisotopic (exact) mass is 307 g/mol. The third kappa shape index (κ3) is 2.84. The minimum Gasteiger partial charge on any atom is -0.493 e. The maximum Gasteiger partial charge on any atom is 0.203 e. The average molecular weight is 307 g/mol. The van der Waals surface area contributed by atoms with E-state index < -0.39 is 0 Å². The van der Waals surface area contributed by atoms with Gasteiger partial charge in [0.15, 0.2) is 11.5 Å². The summed E-state index contributed by atoms with van der Waals surface area (Å²) < 4.78 is 16.2. The van der Waals surface area contributed by atoms with Crippen molar-refractivity contribution in [2.75, 3.05) is 21.3 Å². The summed E-state index contributed by atoms with van der Waals surface area (Å²) >= 11 is 1.71. The number of ether oxygens (including phenoxy) is 3. The third-order valence-corrected chi connectivity index (χ3v) is 4.67. The zero-order valence-electron chi connectivity index (χ0n) is 13.0. The first-order valence-corrected chi connectivity index (χ1v) is 7.46. The molecule has 0 aliphatic carbocycles. The fourth-order valence-electron chi connectivity index (χ4n) is 2.48. The normalized spacial score (nSPS) is 12.1. The smallest absolute Gasteiger partial charge is 0.203 e. The first kappa shape index (κ1) is 15.7. The Hall–Kier alpha value is -1.72. The van der Waals surface area contributed by atoms with Crippen LogP contribution in [0.1, 0.15) is 26.9 Å². The fraction of sp³-hybridized carbons (Fsp3) is 0.375. The zero-order valence-corrected chi connectivity index (χ0v) is 13.8. The number of rotatable bonds is 5. The largest absolute Gasteiger partial charge is 0.493 e. The van der Waals surface area contributed by atoms with E-state index in [0.717, 1.165) is 10.4 Å². The molecule has 0 saturated heterocycles. The van der Waals surface area contributed by atoms with Gasteiger partial charge in [0.1, 0.15) is 0 Å². The second kappa shape index (κ2) is 6.37. The number of thiophene rings is 1. The summed E-state index contributed by atoms with van der Waals surface area (Å²) in [5.41, 5.74) is 8.54. The molecule has 1 aromatic carbocycles. The van der Waals surface area contributed by atoms with Crippen molar-refractivity contribution in [3.63, 3.8) is 0 Å². The number of methoxy groups -OCH3 is 3. The Kier molecular flexibility index (Phi) is 4.75. The zero-order chi connectivity index (χ0) is 15.6. The Morgan fingerprint density at radius 1 is 1.00 bits per heavy atom. The molecule has 0 spiro atoms. The standard InChI is InChI=1S/C16H21NO3S/c1-9-8-10(2)21-16(9)13(17)11-6-7-12(18-3)15(20-5)14(11)19-4/h6-8,13H,17H2,1-5H3. The van der Waals surface area contributed by atoms with Crippen molar-refractivity contribution in [1.29, 1.82) is 0 Å². The highest BCUT2D eigenvalue weighted by molar-refractivity contribution is 7.12. The van der Waals surface area contributed by atoms with E-state index in [1.54, 1.807) is 32.7 Å². The Labute approximate surface area is 129 Å². The maximum atomic E-state index is 6.46. The van der Waals surface area contributed by atoms with Gasteiger partial charge >= 0.3 is 0 Å². The molecule has 0 radical (unpaired) electrons. The Morgan fingerprint density at radius 3 is 2.14 bits per heavy atom. The van der Waals surface area contributed by atoms with Crippen molar-refractivity contribution in [2.45, 2.75) is 19.9 Å². The van der Waals surface area contributed by atoms with Gasteiger partial charge < -0.3 is 19.9 Å². The van der Waals surface area contributed by atoms with Crippen LogP contribution in [0.3, 0.4) is 0 Å². The molecule has 114 valence electrons. The van der Waals surface area contributed by atoms with Crippen LogP contribution in [0.25, 0.3) is 0 Å². The molecule has 2 rings (SSSR count). The number of aryl methyl sites for hydroxylation is 2. The first-order chi connectivity index (χ1) is 10.0. The van der Waals surface area contributed by atoms with Crippen molar-refractivity contribution in [3.05, 3.63) is 39.1 Å². The van der Waals surface area contributed by atoms with Gasteiger partial charge in [0.25, 0.3) is 0 Å². The molecule has 0 saturated carbocycles. The summed E-state index contributed by atoms with van der Waals surface area (Å²) in [6.45, 7) is 4.16. The Balaban J connectivity index is 2.55. The molecule has 0 amide bonds. The van der Waals surface area contributed by atoms with Gasteiger partial charge in [0, 0.05) is 15.3 Å². The van der Waals surface area contributed by atoms with E-state index in [-0.39, 0.29) is 6.04 Å². The molecule has 0 aliphatic rings. The summed E-state index contributed by atoms with van der Waals surface area (Å²) in [4.78, 5) is 2.38. The van der Waals surface area contributed by atoms with Crippen LogP contribution < -0.4 is 19.9 Å². The molecule has 1 heterocycles. The topological polar surface area (TPSA) is 53.7 Å². The lowest BCUT2D eigenvalue weighted by Gasteiger charge is -2.19. The van der Waals surface area contributed by atoms with Crippen molar-refractivity contribution < 1.29 is 14.2 Å². The van der Waals surface area contributed by atoms with Gasteiger partial charge in [-0.25, -0.2) is 0 Å². The number of nitrogens with two attached hydrogens (primary N) is 1. The maximum absolute atomic E-state index is 6.46. The lowest BCUT2D eigenvalue weighted by Crippen LogP contribution is -2.13. The van der Waals surface area contributed by atoms with E-state index in [0.29, 0.717) is 17.2 Å². The molecule has 0 aliphatic heterocycles. The van der Waals surface area contributed by atoms with Gasteiger partial charge in [-0.05, 0) is 37.6 Å². The minimum atomic E-state index is -0.251. The third-order valence-electron chi connectivity index (χ3n) is 3.43. The minimum absolute atomic E-state index is 0.251. The van der Waals surface area contributed by atoms with Crippen LogP contribution in [0.2, 0.25) is 0 Å². The van der Waals surface area contributed by atoms with E-state index in [1.807, 2.05) is 12.1 Å². The fourth-order valence-corrected chi connectivity index (χ4v) is 3.54. The highest BCUT2D eigenvalue weighted by Crippen LogP contribution is 2.44. The molecule has 5 heteroatoms. The summed E-state index contributed by atoms with van der Waals surface area (Å²) in [6, 6.07) is 5.68. The molecular formula is C16H21NO3S. The van der Waals surface area contributed by atoms with Crippen LogP contribution in [-0.4, -0.2) is 21.3 Å². The van der Waals surface area contributed by atoms with E-state index in [1.165, 1.54) is 10.4 Å². The van der Waals surface area contributed by atoms with E-state index in [2.05, 4.69) is 19.9 Å². The highest BCUT2D eigenvalue weighted by atomic mass is 32.1. The van der Waals surface area contributed by atoms with Gasteiger partial charge in [-0.3, -0.25) is 0 Å². The van der Waals surface area contributed by atoms with Crippen molar-refractivity contribution in [1.82, 2.24) is 0 Å². The van der Waals surface area contributed by atoms with Crippen LogP contribution in [0.4, 0.5) is 0 Å². The Bertz CT molecular complexity index is 637. The molecular weight excluding hydrogens is 286 g/mol. The molecule has 21 heavy (non-hydrogen) atoms. The van der Waals surface area contributed by atoms with Crippen LogP contribution in [0.5, 0.6) is 17.2 Å². The average Bonchev–Trinajstić information content (AvgIpc) is 2.83. The van der Waals surface area contributed by atoms with E-state index >= 15 is 0 Å². The van der Waals surface area contributed by atoms with Crippen LogP contribution in [-0.2, 0) is 0 Å². The highest BCUT2D eigenvalue weighted by Gasteiger charge is 2.23. The van der Waals surface area contributed by atoms with E-state index in [4.69, 9.17) is 19.9 Å². The number of hydrogen-bond donors (Lipinski definition) is 1. The summed E-state index contributed by atoms with van der Waals surface area (Å²) in [6.07, 6.45) is 0. The summed E-state index contributed by atoms with van der Waals surface area (Å²) in [5, 5.41) is 0. The van der Waals surface area contributed by atoms with Gasteiger partial charge in [0.05, 0.1) is 27.4 Å². The summed E-state index contributed by atoms with van der Waals surface area (Å²) in [7, 11) is 4.81. The van der Waals surface area contributed by atoms with Crippen LogP contribution in [0.15, 0.2) is 18.2 Å². The molecule has 4 nitrogen and oxygen atoms in total. The van der Waals surface area contributed by atoms with Gasteiger partial charge in [-0.1, -0.05) is 0 Å². The molecule has 1 unspecified atom stereocenters. The first-order valence-electron chi connectivity index (χ1n) is 6.64. The quantitative estimate of drug-likeness (QED) is 0.919. The van der Waals surface area contributed by atoms with E-state index in [9.17, 15) is 0 Å². The van der Waals surface area contributed by atoms with Gasteiger partial charge in [-0.2, -0.15) is 0 Å². The van der Waals surface area contributed by atoms with Crippen molar-refractivity contribution >= 4 is 11.3 Å². The predicted molar refractivity (Wildman–Crippen MR) is 85.9 cm³/mol.